The standard InChI is InChI=1S/C15H21BrF3NO/c1-2-20-10-13(6-7-21-11-15(17,18)19)8-12-4-3-5-14(16)9-12/h3-5,9,13,20H,2,6-8,10-11H2,1H3. The minimum absolute atomic E-state index is 0.129. The first-order chi connectivity index (χ1) is 9.90. The Hall–Kier alpha value is -0.590. The molecule has 0 saturated carbocycles. The van der Waals surface area contributed by atoms with E-state index in [9.17, 15) is 13.2 Å². The molecule has 1 aromatic carbocycles. The van der Waals surface area contributed by atoms with Crippen LogP contribution in [-0.4, -0.2) is 32.5 Å². The summed E-state index contributed by atoms with van der Waals surface area (Å²) in [6, 6.07) is 7.98. The molecule has 0 radical (unpaired) electrons. The monoisotopic (exact) mass is 367 g/mol. The minimum atomic E-state index is -4.25. The van der Waals surface area contributed by atoms with Gasteiger partial charge < -0.3 is 10.1 Å². The maximum atomic E-state index is 12.0. The molecule has 0 aliphatic heterocycles. The van der Waals surface area contributed by atoms with Gasteiger partial charge in [0.05, 0.1) is 0 Å². The van der Waals surface area contributed by atoms with Crippen LogP contribution < -0.4 is 5.32 Å². The summed E-state index contributed by atoms with van der Waals surface area (Å²) in [6.07, 6.45) is -2.82. The third kappa shape index (κ3) is 9.11. The molecule has 1 N–H and O–H groups in total. The van der Waals surface area contributed by atoms with Crippen LogP contribution in [0.4, 0.5) is 13.2 Å². The molecule has 0 saturated heterocycles. The predicted molar refractivity (Wildman–Crippen MR) is 81.4 cm³/mol. The van der Waals surface area contributed by atoms with Crippen LogP contribution in [0.5, 0.6) is 0 Å². The number of hydrogen-bond donors (Lipinski definition) is 1. The van der Waals surface area contributed by atoms with Crippen LogP contribution in [0.2, 0.25) is 0 Å². The highest BCUT2D eigenvalue weighted by molar-refractivity contribution is 9.10. The lowest BCUT2D eigenvalue weighted by atomic mass is 9.96. The van der Waals surface area contributed by atoms with Crippen LogP contribution in [0, 0.1) is 5.92 Å². The van der Waals surface area contributed by atoms with Gasteiger partial charge in [-0.3, -0.25) is 0 Å². The van der Waals surface area contributed by atoms with E-state index >= 15 is 0 Å². The van der Waals surface area contributed by atoms with E-state index in [-0.39, 0.29) is 12.5 Å². The molecule has 0 aliphatic carbocycles. The zero-order valence-electron chi connectivity index (χ0n) is 12.0. The van der Waals surface area contributed by atoms with Crippen molar-refractivity contribution in [3.05, 3.63) is 34.3 Å². The van der Waals surface area contributed by atoms with Gasteiger partial charge in [-0.1, -0.05) is 35.0 Å². The molecule has 21 heavy (non-hydrogen) atoms. The van der Waals surface area contributed by atoms with Gasteiger partial charge in [0.25, 0.3) is 0 Å². The molecule has 1 aromatic rings. The average Bonchev–Trinajstić information content (AvgIpc) is 2.39. The van der Waals surface area contributed by atoms with Crippen molar-refractivity contribution in [3.8, 4) is 0 Å². The first-order valence-electron chi connectivity index (χ1n) is 7.00. The highest BCUT2D eigenvalue weighted by Gasteiger charge is 2.27. The number of nitrogens with one attached hydrogen (secondary N) is 1. The molecule has 0 heterocycles. The lowest BCUT2D eigenvalue weighted by molar-refractivity contribution is -0.174. The molecule has 0 aromatic heterocycles. The molecule has 1 unspecified atom stereocenters. The topological polar surface area (TPSA) is 21.3 Å². The zero-order chi connectivity index (χ0) is 15.7. The Labute approximate surface area is 132 Å². The number of benzene rings is 1. The Kier molecular flexibility index (Phi) is 8.29. The van der Waals surface area contributed by atoms with Gasteiger partial charge >= 0.3 is 6.18 Å². The maximum Gasteiger partial charge on any atom is 0.411 e. The third-order valence-electron chi connectivity index (χ3n) is 3.03. The SMILES string of the molecule is CCNCC(CCOCC(F)(F)F)Cc1cccc(Br)c1. The number of alkyl halides is 3. The molecular formula is C15H21BrF3NO. The van der Waals surface area contributed by atoms with Crippen molar-refractivity contribution in [2.24, 2.45) is 5.92 Å². The van der Waals surface area contributed by atoms with Crippen molar-refractivity contribution in [3.63, 3.8) is 0 Å². The van der Waals surface area contributed by atoms with E-state index in [1.165, 1.54) is 5.56 Å². The quantitative estimate of drug-likeness (QED) is 0.660. The molecule has 0 aliphatic rings. The Balaban J connectivity index is 2.43. The Morgan fingerprint density at radius 1 is 1.33 bits per heavy atom. The van der Waals surface area contributed by atoms with Crippen molar-refractivity contribution < 1.29 is 17.9 Å². The fourth-order valence-corrected chi connectivity index (χ4v) is 2.51. The van der Waals surface area contributed by atoms with Crippen LogP contribution in [0.15, 0.2) is 28.7 Å². The summed E-state index contributed by atoms with van der Waals surface area (Å²) in [5, 5.41) is 3.25. The molecular weight excluding hydrogens is 347 g/mol. The summed E-state index contributed by atoms with van der Waals surface area (Å²) >= 11 is 3.43. The smallest absolute Gasteiger partial charge is 0.372 e. The number of rotatable bonds is 9. The average molecular weight is 368 g/mol. The van der Waals surface area contributed by atoms with E-state index in [0.29, 0.717) is 6.42 Å². The summed E-state index contributed by atoms with van der Waals surface area (Å²) in [7, 11) is 0. The molecule has 0 fully saturated rings. The van der Waals surface area contributed by atoms with Crippen molar-refractivity contribution in [1.29, 1.82) is 0 Å². The van der Waals surface area contributed by atoms with Gasteiger partial charge in [-0.05, 0) is 49.5 Å². The number of ether oxygens (including phenoxy) is 1. The van der Waals surface area contributed by atoms with E-state index in [1.807, 2.05) is 31.2 Å². The van der Waals surface area contributed by atoms with E-state index in [1.54, 1.807) is 0 Å². The van der Waals surface area contributed by atoms with Gasteiger partial charge in [-0.15, -0.1) is 0 Å². The molecule has 1 atom stereocenters. The van der Waals surface area contributed by atoms with Crippen LogP contribution in [0.3, 0.4) is 0 Å². The Morgan fingerprint density at radius 2 is 2.10 bits per heavy atom. The second-order valence-corrected chi connectivity index (χ2v) is 5.88. The minimum Gasteiger partial charge on any atom is -0.372 e. The summed E-state index contributed by atoms with van der Waals surface area (Å²) in [5.74, 6) is 0.257. The molecule has 6 heteroatoms. The van der Waals surface area contributed by atoms with Crippen molar-refractivity contribution in [1.82, 2.24) is 5.32 Å². The first-order valence-corrected chi connectivity index (χ1v) is 7.79. The Bertz CT molecular complexity index is 412. The van der Waals surface area contributed by atoms with E-state index < -0.39 is 12.8 Å². The van der Waals surface area contributed by atoms with E-state index in [0.717, 1.165) is 24.0 Å². The van der Waals surface area contributed by atoms with Gasteiger partial charge in [-0.2, -0.15) is 13.2 Å². The first kappa shape index (κ1) is 18.5. The molecule has 0 amide bonds. The summed E-state index contributed by atoms with van der Waals surface area (Å²) in [5.41, 5.74) is 1.17. The molecule has 120 valence electrons. The van der Waals surface area contributed by atoms with Crippen LogP contribution >= 0.6 is 15.9 Å². The lowest BCUT2D eigenvalue weighted by Crippen LogP contribution is -2.26. The normalized spacial score (nSPS) is 13.4. The molecule has 0 spiro atoms. The highest BCUT2D eigenvalue weighted by atomic mass is 79.9. The molecule has 1 rings (SSSR count). The van der Waals surface area contributed by atoms with Gasteiger partial charge in [0.15, 0.2) is 0 Å². The van der Waals surface area contributed by atoms with E-state index in [2.05, 4.69) is 21.2 Å². The number of hydrogen-bond acceptors (Lipinski definition) is 2. The van der Waals surface area contributed by atoms with Gasteiger partial charge in [0, 0.05) is 11.1 Å². The third-order valence-corrected chi connectivity index (χ3v) is 3.53. The Morgan fingerprint density at radius 3 is 2.71 bits per heavy atom. The zero-order valence-corrected chi connectivity index (χ0v) is 13.6. The molecule has 2 nitrogen and oxygen atoms in total. The van der Waals surface area contributed by atoms with Crippen molar-refractivity contribution in [2.45, 2.75) is 25.9 Å². The fraction of sp³-hybridized carbons (Fsp3) is 0.600. The second-order valence-electron chi connectivity index (χ2n) is 4.96. The van der Waals surface area contributed by atoms with Crippen LogP contribution in [-0.2, 0) is 11.2 Å². The van der Waals surface area contributed by atoms with Crippen LogP contribution in [0.25, 0.3) is 0 Å². The van der Waals surface area contributed by atoms with Crippen LogP contribution in [0.1, 0.15) is 18.9 Å². The van der Waals surface area contributed by atoms with Crippen molar-refractivity contribution in [2.75, 3.05) is 26.3 Å². The lowest BCUT2D eigenvalue weighted by Gasteiger charge is -2.18. The van der Waals surface area contributed by atoms with Gasteiger partial charge in [0.1, 0.15) is 6.61 Å². The number of halogens is 4. The summed E-state index contributed by atoms with van der Waals surface area (Å²) in [4.78, 5) is 0. The largest absolute Gasteiger partial charge is 0.411 e. The summed E-state index contributed by atoms with van der Waals surface area (Å²) < 4.78 is 41.8. The predicted octanol–water partition coefficient (Wildman–Crippen LogP) is 4.19. The fourth-order valence-electron chi connectivity index (χ4n) is 2.06. The van der Waals surface area contributed by atoms with Gasteiger partial charge in [-0.25, -0.2) is 0 Å². The van der Waals surface area contributed by atoms with Crippen molar-refractivity contribution >= 4 is 15.9 Å². The van der Waals surface area contributed by atoms with Gasteiger partial charge in [0.2, 0.25) is 0 Å². The summed E-state index contributed by atoms with van der Waals surface area (Å²) in [6.45, 7) is 2.59. The molecule has 0 bridgehead atoms. The maximum absolute atomic E-state index is 12.0. The highest BCUT2D eigenvalue weighted by Crippen LogP contribution is 2.18. The van der Waals surface area contributed by atoms with E-state index in [4.69, 9.17) is 4.74 Å². The second kappa shape index (κ2) is 9.43.